The molecule has 3 amide bonds. The van der Waals surface area contributed by atoms with Gasteiger partial charge in [0.25, 0.3) is 11.6 Å². The Balaban J connectivity index is 1.49. The first kappa shape index (κ1) is 20.6. The van der Waals surface area contributed by atoms with E-state index < -0.39 is 22.8 Å². The number of carbonyl (C=O) groups is 3. The number of nitro benzene ring substituents is 1. The van der Waals surface area contributed by atoms with E-state index in [2.05, 4.69) is 10.1 Å². The first-order valence-corrected chi connectivity index (χ1v) is 9.22. The summed E-state index contributed by atoms with van der Waals surface area (Å²) in [6, 6.07) is 11.2. The summed E-state index contributed by atoms with van der Waals surface area (Å²) in [6.07, 6.45) is 1.37. The third-order valence-electron chi connectivity index (χ3n) is 4.60. The Labute approximate surface area is 180 Å². The fourth-order valence-electron chi connectivity index (χ4n) is 3.02. The number of benzene rings is 1. The van der Waals surface area contributed by atoms with Gasteiger partial charge in [-0.15, -0.1) is 0 Å². The number of rotatable bonds is 6. The minimum atomic E-state index is -0.671. The van der Waals surface area contributed by atoms with Gasteiger partial charge in [0.05, 0.1) is 18.6 Å². The van der Waals surface area contributed by atoms with Crippen LogP contribution in [0, 0.1) is 10.1 Å². The zero-order valence-corrected chi connectivity index (χ0v) is 16.6. The van der Waals surface area contributed by atoms with Crippen molar-refractivity contribution in [3.63, 3.8) is 0 Å². The van der Waals surface area contributed by atoms with Crippen LogP contribution in [0.1, 0.15) is 22.1 Å². The van der Waals surface area contributed by atoms with Crippen LogP contribution in [0.5, 0.6) is 0 Å². The minimum Gasteiger partial charge on any atom is -0.463 e. The number of hydrogen-bond donors (Lipinski definition) is 1. The molecule has 0 unspecified atom stereocenters. The Bertz CT molecular complexity index is 1250. The number of non-ortho nitro benzene ring substituents is 1. The molecule has 0 radical (unpaired) electrons. The smallest absolute Gasteiger partial charge is 0.373 e. The maximum atomic E-state index is 12.6. The van der Waals surface area contributed by atoms with Crippen LogP contribution >= 0.6 is 0 Å². The third kappa shape index (κ3) is 3.99. The van der Waals surface area contributed by atoms with E-state index in [4.69, 9.17) is 8.83 Å². The van der Waals surface area contributed by atoms with Crippen LogP contribution < -0.4 is 5.32 Å². The zero-order valence-electron chi connectivity index (χ0n) is 16.6. The molecule has 11 nitrogen and oxygen atoms in total. The number of hydrogen-bond acceptors (Lipinski definition) is 8. The van der Waals surface area contributed by atoms with Crippen molar-refractivity contribution < 1.29 is 32.9 Å². The molecule has 1 aliphatic heterocycles. The van der Waals surface area contributed by atoms with E-state index in [1.807, 2.05) is 0 Å². The predicted octanol–water partition coefficient (Wildman–Crippen LogP) is 3.33. The summed E-state index contributed by atoms with van der Waals surface area (Å²) >= 11 is 0. The van der Waals surface area contributed by atoms with Gasteiger partial charge in [-0.05, 0) is 36.4 Å². The zero-order chi connectivity index (χ0) is 22.8. The number of imide groups is 1. The maximum Gasteiger partial charge on any atom is 0.373 e. The van der Waals surface area contributed by atoms with Gasteiger partial charge in [-0.25, -0.2) is 9.59 Å². The van der Waals surface area contributed by atoms with Crippen molar-refractivity contribution in [3.05, 3.63) is 81.6 Å². The van der Waals surface area contributed by atoms with Crippen LogP contribution in [0.15, 0.2) is 63.1 Å². The average Bonchev–Trinajstić information content (AvgIpc) is 3.50. The van der Waals surface area contributed by atoms with Crippen molar-refractivity contribution in [2.75, 3.05) is 7.11 Å². The Morgan fingerprint density at radius 3 is 2.56 bits per heavy atom. The van der Waals surface area contributed by atoms with Crippen molar-refractivity contribution in [2.24, 2.45) is 0 Å². The summed E-state index contributed by atoms with van der Waals surface area (Å²) in [5, 5.41) is 13.2. The molecule has 1 aliphatic rings. The molecule has 1 saturated heterocycles. The minimum absolute atomic E-state index is 0.000605. The highest BCUT2D eigenvalue weighted by Gasteiger charge is 2.34. The molecule has 0 bridgehead atoms. The van der Waals surface area contributed by atoms with Gasteiger partial charge in [-0.2, -0.15) is 0 Å². The standard InChI is InChI=1S/C21H15N3O8/c1-30-20(26)18-9-7-15(32-18)11-23-19(25)16(22-21(23)27)10-14-6-8-17(31-14)12-2-4-13(5-3-12)24(28)29/h2-10H,11H2,1H3,(H,22,27). The van der Waals surface area contributed by atoms with Crippen LogP contribution in [-0.2, 0) is 16.1 Å². The number of methoxy groups -OCH3 is 1. The van der Waals surface area contributed by atoms with Gasteiger partial charge in [-0.1, -0.05) is 0 Å². The highest BCUT2D eigenvalue weighted by molar-refractivity contribution is 6.13. The first-order valence-electron chi connectivity index (χ1n) is 9.22. The van der Waals surface area contributed by atoms with Crippen molar-refractivity contribution in [1.29, 1.82) is 0 Å². The lowest BCUT2D eigenvalue weighted by Crippen LogP contribution is -2.30. The van der Waals surface area contributed by atoms with Crippen LogP contribution in [-0.4, -0.2) is 34.8 Å². The van der Waals surface area contributed by atoms with Gasteiger partial charge in [0.15, 0.2) is 0 Å². The molecule has 3 heterocycles. The molecule has 1 aromatic carbocycles. The van der Waals surface area contributed by atoms with Crippen LogP contribution in [0.4, 0.5) is 10.5 Å². The Morgan fingerprint density at radius 2 is 1.88 bits per heavy atom. The van der Waals surface area contributed by atoms with Gasteiger partial charge in [0.2, 0.25) is 5.76 Å². The molecule has 3 aromatic rings. The fraction of sp³-hybridized carbons (Fsp3) is 0.0952. The number of urea groups is 1. The number of nitrogens with zero attached hydrogens (tertiary/aromatic N) is 2. The summed E-state index contributed by atoms with van der Waals surface area (Å²) < 4.78 is 15.5. The highest BCUT2D eigenvalue weighted by atomic mass is 16.6. The van der Waals surface area contributed by atoms with Gasteiger partial charge in [-0.3, -0.25) is 19.8 Å². The Morgan fingerprint density at radius 1 is 1.12 bits per heavy atom. The van der Waals surface area contributed by atoms with Crippen molar-refractivity contribution in [1.82, 2.24) is 10.2 Å². The summed E-state index contributed by atoms with van der Waals surface area (Å²) in [5.74, 6) is -0.343. The van der Waals surface area contributed by atoms with Crippen molar-refractivity contribution in [3.8, 4) is 11.3 Å². The number of ether oxygens (including phenoxy) is 1. The number of carbonyl (C=O) groups excluding carboxylic acids is 3. The summed E-state index contributed by atoms with van der Waals surface area (Å²) in [6.45, 7) is -0.175. The maximum absolute atomic E-state index is 12.6. The predicted molar refractivity (Wildman–Crippen MR) is 108 cm³/mol. The lowest BCUT2D eigenvalue weighted by Gasteiger charge is -2.09. The number of esters is 1. The van der Waals surface area contributed by atoms with Crippen LogP contribution in [0.3, 0.4) is 0 Å². The fourth-order valence-corrected chi connectivity index (χ4v) is 3.02. The highest BCUT2D eigenvalue weighted by Crippen LogP contribution is 2.26. The molecule has 11 heteroatoms. The van der Waals surface area contributed by atoms with Gasteiger partial charge < -0.3 is 18.9 Å². The van der Waals surface area contributed by atoms with Crippen LogP contribution in [0.25, 0.3) is 17.4 Å². The number of nitrogens with one attached hydrogen (secondary N) is 1. The average molecular weight is 437 g/mol. The molecule has 1 fully saturated rings. The third-order valence-corrected chi connectivity index (χ3v) is 4.60. The Kier molecular flexibility index (Phi) is 5.29. The Hall–Kier alpha value is -4.67. The van der Waals surface area contributed by atoms with Gasteiger partial charge >= 0.3 is 12.0 Å². The largest absolute Gasteiger partial charge is 0.463 e. The quantitative estimate of drug-likeness (QED) is 0.203. The van der Waals surface area contributed by atoms with E-state index in [0.29, 0.717) is 17.1 Å². The number of amides is 3. The molecule has 0 spiro atoms. The molecule has 0 aliphatic carbocycles. The molecular weight excluding hydrogens is 422 g/mol. The lowest BCUT2D eigenvalue weighted by atomic mass is 10.1. The van der Waals surface area contributed by atoms with E-state index in [1.54, 1.807) is 24.3 Å². The normalized spacial score (nSPS) is 14.7. The van der Waals surface area contributed by atoms with Crippen molar-refractivity contribution >= 4 is 29.7 Å². The number of furan rings is 2. The monoisotopic (exact) mass is 437 g/mol. The molecule has 0 atom stereocenters. The molecule has 162 valence electrons. The van der Waals surface area contributed by atoms with Crippen LogP contribution in [0.2, 0.25) is 0 Å². The molecule has 0 saturated carbocycles. The van der Waals surface area contributed by atoms with Gasteiger partial charge in [0, 0.05) is 23.8 Å². The lowest BCUT2D eigenvalue weighted by molar-refractivity contribution is -0.384. The molecular formula is C21H15N3O8. The van der Waals surface area contributed by atoms with E-state index >= 15 is 0 Å². The molecule has 4 rings (SSSR count). The van der Waals surface area contributed by atoms with E-state index in [0.717, 1.165) is 4.90 Å². The molecule has 1 N–H and O–H groups in total. The number of nitro groups is 1. The topological polar surface area (TPSA) is 145 Å². The first-order chi connectivity index (χ1) is 15.4. The second-order valence-electron chi connectivity index (χ2n) is 6.64. The summed E-state index contributed by atoms with van der Waals surface area (Å²) in [7, 11) is 1.21. The van der Waals surface area contributed by atoms with E-state index in [-0.39, 0.29) is 29.4 Å². The van der Waals surface area contributed by atoms with E-state index in [9.17, 15) is 24.5 Å². The summed E-state index contributed by atoms with van der Waals surface area (Å²) in [4.78, 5) is 47.5. The second kappa shape index (κ2) is 8.22. The summed E-state index contributed by atoms with van der Waals surface area (Å²) in [5.41, 5.74) is 0.569. The van der Waals surface area contributed by atoms with Crippen molar-refractivity contribution in [2.45, 2.75) is 6.54 Å². The second-order valence-corrected chi connectivity index (χ2v) is 6.64. The van der Waals surface area contributed by atoms with Gasteiger partial charge in [0.1, 0.15) is 23.0 Å². The van der Waals surface area contributed by atoms with E-state index in [1.165, 1.54) is 37.5 Å². The molecule has 2 aromatic heterocycles. The molecule has 32 heavy (non-hydrogen) atoms. The SMILES string of the molecule is COC(=O)c1ccc(CN2C(=O)NC(=Cc3ccc(-c4ccc([N+](=O)[O-])cc4)o3)C2=O)o1.